The number of alkyl halides is 1. The van der Waals surface area contributed by atoms with Crippen LogP contribution in [0.15, 0.2) is 73.5 Å². The Morgan fingerprint density at radius 2 is 1.86 bits per heavy atom. The highest BCUT2D eigenvalue weighted by molar-refractivity contribution is 5.88. The number of fused-ring (bicyclic) bond motifs is 1. The van der Waals surface area contributed by atoms with Crippen molar-refractivity contribution in [2.75, 3.05) is 6.61 Å². The van der Waals surface area contributed by atoms with Crippen LogP contribution in [0, 0.1) is 0 Å². The van der Waals surface area contributed by atoms with Gasteiger partial charge in [0.25, 0.3) is 0 Å². The lowest BCUT2D eigenvalue weighted by atomic mass is 10.0. The summed E-state index contributed by atoms with van der Waals surface area (Å²) in [7, 11) is 0. The van der Waals surface area contributed by atoms with Crippen molar-refractivity contribution in [1.82, 2.24) is 4.98 Å². The summed E-state index contributed by atoms with van der Waals surface area (Å²) in [6, 6.07) is 16.6. The lowest BCUT2D eigenvalue weighted by molar-refractivity contribution is 0.335. The Bertz CT molecular complexity index is 944. The van der Waals surface area contributed by atoms with Crippen molar-refractivity contribution in [2.45, 2.75) is 32.4 Å². The van der Waals surface area contributed by atoms with Gasteiger partial charge in [-0.1, -0.05) is 43.0 Å². The van der Waals surface area contributed by atoms with Crippen LogP contribution in [0.2, 0.25) is 0 Å². The van der Waals surface area contributed by atoms with E-state index in [1.165, 1.54) is 0 Å². The van der Waals surface area contributed by atoms with Crippen LogP contribution in [0.3, 0.4) is 0 Å². The van der Waals surface area contributed by atoms with Gasteiger partial charge in [0.2, 0.25) is 0 Å². The molecular weight excluding hydrogens is 349 g/mol. The molecule has 0 spiro atoms. The van der Waals surface area contributed by atoms with E-state index in [0.29, 0.717) is 13.0 Å². The number of unbranched alkanes of at least 4 members (excludes halogenated alkanes) is 1. The monoisotopic (exact) mass is 375 g/mol. The van der Waals surface area contributed by atoms with E-state index in [9.17, 15) is 4.39 Å². The fourth-order valence-corrected chi connectivity index (χ4v) is 3.04. The van der Waals surface area contributed by atoms with E-state index < -0.39 is 6.17 Å². The van der Waals surface area contributed by atoms with Crippen molar-refractivity contribution in [3.63, 3.8) is 0 Å². The molecule has 0 aliphatic heterocycles. The highest BCUT2D eigenvalue weighted by Crippen LogP contribution is 2.27. The fraction of sp³-hybridized carbons (Fsp3) is 0.240. The molecule has 0 amide bonds. The number of benzene rings is 2. The second-order valence-electron chi connectivity index (χ2n) is 6.91. The SMILES string of the molecule is C=CCOc1ccc2cc(-c3ccc(C=CCCCC(C)F)nc3)ccc2c1. The Morgan fingerprint density at radius 1 is 1.07 bits per heavy atom. The summed E-state index contributed by atoms with van der Waals surface area (Å²) in [5.41, 5.74) is 3.13. The maximum atomic E-state index is 12.8. The highest BCUT2D eigenvalue weighted by atomic mass is 19.1. The molecule has 0 aliphatic carbocycles. The van der Waals surface area contributed by atoms with Crippen LogP contribution >= 0.6 is 0 Å². The number of hydrogen-bond donors (Lipinski definition) is 0. The Balaban J connectivity index is 1.68. The van der Waals surface area contributed by atoms with Gasteiger partial charge in [-0.3, -0.25) is 4.98 Å². The summed E-state index contributed by atoms with van der Waals surface area (Å²) < 4.78 is 18.4. The third kappa shape index (κ3) is 5.53. The number of allylic oxidation sites excluding steroid dienone is 1. The maximum absolute atomic E-state index is 12.8. The van der Waals surface area contributed by atoms with Crippen molar-refractivity contribution >= 4 is 16.8 Å². The minimum absolute atomic E-state index is 0.505. The van der Waals surface area contributed by atoms with Crippen LogP contribution in [0.4, 0.5) is 4.39 Å². The Hall–Kier alpha value is -2.94. The van der Waals surface area contributed by atoms with Crippen molar-refractivity contribution in [3.8, 4) is 16.9 Å². The first-order valence-corrected chi connectivity index (χ1v) is 9.70. The first-order valence-electron chi connectivity index (χ1n) is 9.70. The lowest BCUT2D eigenvalue weighted by Crippen LogP contribution is -1.92. The largest absolute Gasteiger partial charge is 0.490 e. The number of aromatic nitrogens is 1. The van der Waals surface area contributed by atoms with E-state index in [2.05, 4.69) is 48.0 Å². The topological polar surface area (TPSA) is 22.1 Å². The number of hydrogen-bond acceptors (Lipinski definition) is 2. The summed E-state index contributed by atoms with van der Waals surface area (Å²) in [5, 5.41) is 2.30. The number of rotatable bonds is 9. The molecule has 0 saturated heterocycles. The summed E-state index contributed by atoms with van der Waals surface area (Å²) in [6.07, 6.45) is 9.32. The van der Waals surface area contributed by atoms with E-state index in [4.69, 9.17) is 4.74 Å². The van der Waals surface area contributed by atoms with E-state index in [1.807, 2.05) is 30.5 Å². The zero-order chi connectivity index (χ0) is 19.8. The standard InChI is InChI=1S/C25H26FNO/c1-3-15-28-25-14-12-20-16-21(9-10-22(20)17-25)23-11-13-24(27-18-23)8-6-4-5-7-19(2)26/h3,6,8-14,16-19H,1,4-5,7,15H2,2H3. The van der Waals surface area contributed by atoms with Crippen LogP contribution in [-0.2, 0) is 0 Å². The van der Waals surface area contributed by atoms with E-state index in [1.54, 1.807) is 13.0 Å². The second-order valence-corrected chi connectivity index (χ2v) is 6.91. The molecule has 3 rings (SSSR count). The minimum atomic E-state index is -0.723. The first-order chi connectivity index (χ1) is 13.7. The quantitative estimate of drug-likeness (QED) is 0.296. The molecule has 0 aliphatic rings. The molecule has 0 bridgehead atoms. The molecule has 1 atom stereocenters. The Labute approximate surface area is 166 Å². The minimum Gasteiger partial charge on any atom is -0.490 e. The molecule has 1 aromatic heterocycles. The van der Waals surface area contributed by atoms with Gasteiger partial charge in [-0.05, 0) is 72.9 Å². The van der Waals surface area contributed by atoms with Crippen LogP contribution in [0.25, 0.3) is 28.0 Å². The lowest BCUT2D eigenvalue weighted by Gasteiger charge is -2.07. The number of nitrogens with zero attached hydrogens (tertiary/aromatic N) is 1. The van der Waals surface area contributed by atoms with E-state index in [-0.39, 0.29) is 0 Å². The fourth-order valence-electron chi connectivity index (χ4n) is 3.04. The van der Waals surface area contributed by atoms with Crippen LogP contribution in [0.1, 0.15) is 31.9 Å². The van der Waals surface area contributed by atoms with E-state index in [0.717, 1.165) is 46.2 Å². The first kappa shape index (κ1) is 19.8. The molecule has 1 unspecified atom stereocenters. The summed E-state index contributed by atoms with van der Waals surface area (Å²) in [5.74, 6) is 0.846. The van der Waals surface area contributed by atoms with Crippen molar-refractivity contribution in [2.24, 2.45) is 0 Å². The summed E-state index contributed by atoms with van der Waals surface area (Å²) in [6.45, 7) is 5.78. The van der Waals surface area contributed by atoms with Crippen molar-refractivity contribution in [3.05, 3.63) is 79.2 Å². The number of halogens is 1. The molecule has 3 heteroatoms. The van der Waals surface area contributed by atoms with Gasteiger partial charge < -0.3 is 4.74 Å². The van der Waals surface area contributed by atoms with Gasteiger partial charge in [0, 0.05) is 11.8 Å². The summed E-state index contributed by atoms with van der Waals surface area (Å²) in [4.78, 5) is 4.53. The van der Waals surface area contributed by atoms with Crippen molar-refractivity contribution < 1.29 is 9.13 Å². The molecule has 144 valence electrons. The molecule has 0 fully saturated rings. The van der Waals surface area contributed by atoms with Crippen LogP contribution in [-0.4, -0.2) is 17.8 Å². The molecule has 0 N–H and O–H groups in total. The zero-order valence-electron chi connectivity index (χ0n) is 16.3. The molecule has 0 radical (unpaired) electrons. The number of pyridine rings is 1. The number of ether oxygens (including phenoxy) is 1. The van der Waals surface area contributed by atoms with E-state index >= 15 is 0 Å². The third-order valence-corrected chi connectivity index (χ3v) is 4.56. The van der Waals surface area contributed by atoms with Crippen molar-refractivity contribution in [1.29, 1.82) is 0 Å². The molecule has 3 aromatic rings. The molecule has 2 aromatic carbocycles. The smallest absolute Gasteiger partial charge is 0.120 e. The van der Waals surface area contributed by atoms with Gasteiger partial charge in [-0.2, -0.15) is 0 Å². The molecule has 28 heavy (non-hydrogen) atoms. The van der Waals surface area contributed by atoms with Gasteiger partial charge in [0.15, 0.2) is 0 Å². The van der Waals surface area contributed by atoms with Gasteiger partial charge in [-0.15, -0.1) is 0 Å². The average Bonchev–Trinajstić information content (AvgIpc) is 2.71. The predicted octanol–water partition coefficient (Wildman–Crippen LogP) is 7.01. The predicted molar refractivity (Wildman–Crippen MR) is 116 cm³/mol. The van der Waals surface area contributed by atoms with Crippen LogP contribution in [0.5, 0.6) is 5.75 Å². The van der Waals surface area contributed by atoms with Gasteiger partial charge >= 0.3 is 0 Å². The van der Waals surface area contributed by atoms with Gasteiger partial charge in [-0.25, -0.2) is 4.39 Å². The third-order valence-electron chi connectivity index (χ3n) is 4.56. The zero-order valence-corrected chi connectivity index (χ0v) is 16.3. The van der Waals surface area contributed by atoms with Gasteiger partial charge in [0.05, 0.1) is 11.9 Å². The average molecular weight is 375 g/mol. The maximum Gasteiger partial charge on any atom is 0.120 e. The summed E-state index contributed by atoms with van der Waals surface area (Å²) >= 11 is 0. The highest BCUT2D eigenvalue weighted by Gasteiger charge is 2.02. The molecule has 0 saturated carbocycles. The molecule has 2 nitrogen and oxygen atoms in total. The van der Waals surface area contributed by atoms with Gasteiger partial charge in [0.1, 0.15) is 12.4 Å². The molecular formula is C25H26FNO. The Kier molecular flexibility index (Phi) is 6.96. The van der Waals surface area contributed by atoms with Crippen LogP contribution < -0.4 is 4.74 Å². The molecule has 1 heterocycles. The normalized spacial score (nSPS) is 12.4. The Morgan fingerprint density at radius 3 is 2.61 bits per heavy atom. The second kappa shape index (κ2) is 9.84.